The Bertz CT molecular complexity index is 825. The molecule has 0 aliphatic carbocycles. The van der Waals surface area contributed by atoms with Crippen LogP contribution < -0.4 is 14.8 Å². The molecule has 3 rings (SSSR count). The van der Waals surface area contributed by atoms with Gasteiger partial charge in [-0.15, -0.1) is 0 Å². The summed E-state index contributed by atoms with van der Waals surface area (Å²) in [5.74, 6) is 1.61. The van der Waals surface area contributed by atoms with Gasteiger partial charge >= 0.3 is 0 Å². The van der Waals surface area contributed by atoms with Gasteiger partial charge in [0.05, 0.1) is 26.1 Å². The van der Waals surface area contributed by atoms with Gasteiger partial charge in [0.1, 0.15) is 11.5 Å². The fourth-order valence-electron chi connectivity index (χ4n) is 2.63. The molecule has 1 aromatic heterocycles. The third-order valence-corrected chi connectivity index (χ3v) is 4.07. The van der Waals surface area contributed by atoms with Gasteiger partial charge in [-0.1, -0.05) is 23.8 Å². The molecule has 5 heteroatoms. The molecular weight excluding hydrogens is 314 g/mol. The molecular formula is C20H23N3O2. The number of hydrogen-bond donors (Lipinski definition) is 1. The van der Waals surface area contributed by atoms with E-state index in [0.717, 1.165) is 34.9 Å². The lowest BCUT2D eigenvalue weighted by molar-refractivity contribution is 0.390. The van der Waals surface area contributed by atoms with Crippen molar-refractivity contribution in [3.05, 3.63) is 71.5 Å². The van der Waals surface area contributed by atoms with Crippen LogP contribution >= 0.6 is 0 Å². The fraction of sp³-hybridized carbons (Fsp3) is 0.250. The van der Waals surface area contributed by atoms with E-state index >= 15 is 0 Å². The summed E-state index contributed by atoms with van der Waals surface area (Å²) in [6.45, 7) is 3.53. The fourth-order valence-corrected chi connectivity index (χ4v) is 2.63. The van der Waals surface area contributed by atoms with Gasteiger partial charge in [0, 0.05) is 36.5 Å². The molecule has 3 aromatic rings. The third kappa shape index (κ3) is 4.19. The third-order valence-electron chi connectivity index (χ3n) is 4.07. The minimum absolute atomic E-state index is 0.711. The van der Waals surface area contributed by atoms with Gasteiger partial charge in [0.2, 0.25) is 0 Å². The van der Waals surface area contributed by atoms with Crippen LogP contribution in [0.15, 0.2) is 54.9 Å². The zero-order valence-electron chi connectivity index (χ0n) is 14.8. The van der Waals surface area contributed by atoms with E-state index in [-0.39, 0.29) is 0 Å². The number of hydrogen-bond acceptors (Lipinski definition) is 4. The van der Waals surface area contributed by atoms with E-state index in [9.17, 15) is 0 Å². The number of nitrogens with zero attached hydrogens (tertiary/aromatic N) is 2. The van der Waals surface area contributed by atoms with Crippen molar-refractivity contribution in [3.63, 3.8) is 0 Å². The molecule has 1 heterocycles. The number of aromatic nitrogens is 2. The summed E-state index contributed by atoms with van der Waals surface area (Å²) in [7, 11) is 3.32. The SMILES string of the molecule is COc1ccc(CNCc2cnn(-c3ccc(C)cc3)c2)c(OC)c1. The Kier molecular flexibility index (Phi) is 5.36. The van der Waals surface area contributed by atoms with E-state index < -0.39 is 0 Å². The molecule has 0 saturated carbocycles. The van der Waals surface area contributed by atoms with E-state index in [4.69, 9.17) is 9.47 Å². The quantitative estimate of drug-likeness (QED) is 0.717. The topological polar surface area (TPSA) is 48.3 Å². The van der Waals surface area contributed by atoms with Gasteiger partial charge in [-0.3, -0.25) is 0 Å². The predicted octanol–water partition coefficient (Wildman–Crippen LogP) is 3.49. The highest BCUT2D eigenvalue weighted by molar-refractivity contribution is 5.40. The Morgan fingerprint density at radius 1 is 1.00 bits per heavy atom. The second-order valence-corrected chi connectivity index (χ2v) is 5.91. The van der Waals surface area contributed by atoms with Crippen LogP contribution in [-0.4, -0.2) is 24.0 Å². The number of rotatable bonds is 7. The maximum Gasteiger partial charge on any atom is 0.127 e. The molecule has 0 saturated heterocycles. The molecule has 0 aliphatic rings. The van der Waals surface area contributed by atoms with Crippen LogP contribution in [0, 0.1) is 6.92 Å². The maximum absolute atomic E-state index is 5.43. The first-order valence-electron chi connectivity index (χ1n) is 8.22. The second-order valence-electron chi connectivity index (χ2n) is 5.91. The van der Waals surface area contributed by atoms with E-state index in [1.165, 1.54) is 5.56 Å². The zero-order valence-corrected chi connectivity index (χ0v) is 14.8. The van der Waals surface area contributed by atoms with Crippen LogP contribution in [0.3, 0.4) is 0 Å². The van der Waals surface area contributed by atoms with Crippen molar-refractivity contribution in [2.45, 2.75) is 20.0 Å². The van der Waals surface area contributed by atoms with Crippen molar-refractivity contribution in [1.82, 2.24) is 15.1 Å². The Hall–Kier alpha value is -2.79. The van der Waals surface area contributed by atoms with Crippen LogP contribution in [0.4, 0.5) is 0 Å². The standard InChI is InChI=1S/C20H23N3O2/c1-15-4-7-18(8-5-15)23-14-16(12-22-23)11-21-13-17-6-9-19(24-2)10-20(17)25-3/h4-10,12,14,21H,11,13H2,1-3H3. The number of benzene rings is 2. The van der Waals surface area contributed by atoms with Gasteiger partial charge in [-0.05, 0) is 25.1 Å². The molecule has 0 bridgehead atoms. The molecule has 2 aromatic carbocycles. The lowest BCUT2D eigenvalue weighted by atomic mass is 10.2. The van der Waals surface area contributed by atoms with Gasteiger partial charge in [-0.2, -0.15) is 5.10 Å². The van der Waals surface area contributed by atoms with Gasteiger partial charge in [-0.25, -0.2) is 4.68 Å². The summed E-state index contributed by atoms with van der Waals surface area (Å²) in [5, 5.41) is 7.86. The lowest BCUT2D eigenvalue weighted by Gasteiger charge is -2.11. The van der Waals surface area contributed by atoms with E-state index in [1.807, 2.05) is 35.3 Å². The van der Waals surface area contributed by atoms with Gasteiger partial charge in [0.25, 0.3) is 0 Å². The lowest BCUT2D eigenvalue weighted by Crippen LogP contribution is -2.13. The Morgan fingerprint density at radius 2 is 1.80 bits per heavy atom. The van der Waals surface area contributed by atoms with Crippen LogP contribution in [0.2, 0.25) is 0 Å². The summed E-state index contributed by atoms with van der Waals surface area (Å²) in [4.78, 5) is 0. The summed E-state index contributed by atoms with van der Waals surface area (Å²) in [6, 6.07) is 14.2. The highest BCUT2D eigenvalue weighted by Gasteiger charge is 2.06. The summed E-state index contributed by atoms with van der Waals surface area (Å²) in [6.07, 6.45) is 3.93. The molecule has 0 fully saturated rings. The first kappa shape index (κ1) is 17.0. The first-order valence-corrected chi connectivity index (χ1v) is 8.22. The Labute approximate surface area is 148 Å². The highest BCUT2D eigenvalue weighted by Crippen LogP contribution is 2.24. The largest absolute Gasteiger partial charge is 0.497 e. The molecule has 0 atom stereocenters. The molecule has 25 heavy (non-hydrogen) atoms. The van der Waals surface area contributed by atoms with E-state index in [2.05, 4.69) is 41.6 Å². The minimum Gasteiger partial charge on any atom is -0.497 e. The summed E-state index contributed by atoms with van der Waals surface area (Å²) >= 11 is 0. The summed E-state index contributed by atoms with van der Waals surface area (Å²) < 4.78 is 12.5. The smallest absolute Gasteiger partial charge is 0.127 e. The van der Waals surface area contributed by atoms with Crippen molar-refractivity contribution in [2.75, 3.05) is 14.2 Å². The van der Waals surface area contributed by atoms with Gasteiger partial charge in [0.15, 0.2) is 0 Å². The second kappa shape index (κ2) is 7.85. The average Bonchev–Trinajstić information content (AvgIpc) is 3.11. The average molecular weight is 337 g/mol. The Balaban J connectivity index is 1.60. The molecule has 5 nitrogen and oxygen atoms in total. The van der Waals surface area contributed by atoms with Crippen molar-refractivity contribution < 1.29 is 9.47 Å². The molecule has 0 spiro atoms. The normalized spacial score (nSPS) is 10.7. The maximum atomic E-state index is 5.43. The number of ether oxygens (including phenoxy) is 2. The van der Waals surface area contributed by atoms with Crippen LogP contribution in [0.25, 0.3) is 5.69 Å². The van der Waals surface area contributed by atoms with Crippen LogP contribution in [0.5, 0.6) is 11.5 Å². The predicted molar refractivity (Wildman–Crippen MR) is 98.4 cm³/mol. The molecule has 0 amide bonds. The van der Waals surface area contributed by atoms with Gasteiger partial charge < -0.3 is 14.8 Å². The Morgan fingerprint density at radius 3 is 2.52 bits per heavy atom. The van der Waals surface area contributed by atoms with E-state index in [1.54, 1.807) is 14.2 Å². The molecule has 0 radical (unpaired) electrons. The van der Waals surface area contributed by atoms with Crippen LogP contribution in [0.1, 0.15) is 16.7 Å². The number of methoxy groups -OCH3 is 2. The molecule has 1 N–H and O–H groups in total. The summed E-state index contributed by atoms with van der Waals surface area (Å²) in [5.41, 5.74) is 4.53. The molecule has 0 aliphatic heterocycles. The first-order chi connectivity index (χ1) is 12.2. The van der Waals surface area contributed by atoms with Crippen molar-refractivity contribution in [2.24, 2.45) is 0 Å². The highest BCUT2D eigenvalue weighted by atomic mass is 16.5. The number of nitrogens with one attached hydrogen (secondary N) is 1. The zero-order chi connectivity index (χ0) is 17.6. The molecule has 0 unspecified atom stereocenters. The molecule has 130 valence electrons. The van der Waals surface area contributed by atoms with Crippen LogP contribution in [-0.2, 0) is 13.1 Å². The monoisotopic (exact) mass is 337 g/mol. The minimum atomic E-state index is 0.711. The van der Waals surface area contributed by atoms with Crippen molar-refractivity contribution in [3.8, 4) is 17.2 Å². The van der Waals surface area contributed by atoms with Crippen molar-refractivity contribution >= 4 is 0 Å². The number of aryl methyl sites for hydroxylation is 1. The van der Waals surface area contributed by atoms with E-state index in [0.29, 0.717) is 6.54 Å². The van der Waals surface area contributed by atoms with Crippen molar-refractivity contribution in [1.29, 1.82) is 0 Å².